The third-order valence-electron chi connectivity index (χ3n) is 4.08. The molecule has 0 aliphatic heterocycles. The second-order valence-electron chi connectivity index (χ2n) is 5.59. The van der Waals surface area contributed by atoms with Gasteiger partial charge in [0.25, 0.3) is 0 Å². The molecule has 1 amide bonds. The molecule has 7 nitrogen and oxygen atoms in total. The Hall–Kier alpha value is -3.35. The fourth-order valence-electron chi connectivity index (χ4n) is 2.97. The number of fused-ring (bicyclic) bond motifs is 2. The monoisotopic (exact) mass is 321 g/mol. The molecule has 0 saturated carbocycles. The molecular weight excluding hydrogens is 306 g/mol. The lowest BCUT2D eigenvalue weighted by atomic mass is 10.2. The number of benzene rings is 2. The Labute approximate surface area is 136 Å². The Kier molecular flexibility index (Phi) is 3.02. The zero-order chi connectivity index (χ0) is 16.8. The number of imidazole rings is 2. The molecule has 7 heteroatoms. The topological polar surface area (TPSA) is 110 Å². The number of nitrogens with two attached hydrogens (primary N) is 1. The van der Waals surface area contributed by atoms with E-state index in [0.29, 0.717) is 11.1 Å². The minimum atomic E-state index is -0.476. The number of nitrogens with zero attached hydrogens (tertiary/aromatic N) is 2. The lowest BCUT2D eigenvalue weighted by molar-refractivity contribution is 0.100. The summed E-state index contributed by atoms with van der Waals surface area (Å²) < 4.78 is 2.02. The van der Waals surface area contributed by atoms with E-state index in [1.165, 1.54) is 0 Å². The maximum Gasteiger partial charge on any atom is 0.323 e. The minimum absolute atomic E-state index is 0.237. The fraction of sp³-hybridized carbons (Fsp3) is 0.118. The molecule has 4 N–H and O–H groups in total. The lowest BCUT2D eigenvalue weighted by Gasteiger charge is -2.08. The van der Waals surface area contributed by atoms with Crippen molar-refractivity contribution in [1.29, 1.82) is 0 Å². The van der Waals surface area contributed by atoms with Gasteiger partial charge in [-0.3, -0.25) is 9.36 Å². The van der Waals surface area contributed by atoms with Crippen molar-refractivity contribution in [1.82, 2.24) is 19.5 Å². The van der Waals surface area contributed by atoms with Gasteiger partial charge in [0, 0.05) is 17.7 Å². The Morgan fingerprint density at radius 1 is 1.17 bits per heavy atom. The first kappa shape index (κ1) is 14.3. The summed E-state index contributed by atoms with van der Waals surface area (Å²) in [6.07, 6.45) is 0.724. The van der Waals surface area contributed by atoms with Gasteiger partial charge in [-0.15, -0.1) is 0 Å². The number of hydrogen-bond acceptors (Lipinski definition) is 3. The molecule has 4 rings (SSSR count). The quantitative estimate of drug-likeness (QED) is 0.535. The van der Waals surface area contributed by atoms with Crippen molar-refractivity contribution in [2.75, 3.05) is 0 Å². The van der Waals surface area contributed by atoms with Gasteiger partial charge in [0.15, 0.2) is 0 Å². The van der Waals surface area contributed by atoms with E-state index in [2.05, 4.69) is 15.0 Å². The van der Waals surface area contributed by atoms with E-state index in [-0.39, 0.29) is 5.69 Å². The average Bonchev–Trinajstić information content (AvgIpc) is 3.11. The Morgan fingerprint density at radius 2 is 1.96 bits per heavy atom. The summed E-state index contributed by atoms with van der Waals surface area (Å²) >= 11 is 0. The number of primary amides is 1. The molecule has 0 atom stereocenters. The second kappa shape index (κ2) is 5.09. The number of amides is 1. The van der Waals surface area contributed by atoms with Crippen LogP contribution in [-0.2, 0) is 6.42 Å². The van der Waals surface area contributed by atoms with Crippen molar-refractivity contribution in [2.45, 2.75) is 13.3 Å². The molecule has 24 heavy (non-hydrogen) atoms. The number of aromatic nitrogens is 4. The van der Waals surface area contributed by atoms with Crippen LogP contribution in [0.4, 0.5) is 0 Å². The number of nitrogens with one attached hydrogen (secondary N) is 2. The molecule has 0 aliphatic rings. The number of H-pyrrole nitrogens is 2. The zero-order valence-electron chi connectivity index (χ0n) is 13.0. The molecule has 0 unspecified atom stereocenters. The van der Waals surface area contributed by atoms with Gasteiger partial charge in [0.05, 0.1) is 22.1 Å². The molecule has 4 aromatic rings. The molecule has 0 spiro atoms. The summed E-state index contributed by atoms with van der Waals surface area (Å²) in [5, 5.41) is 0. The summed E-state index contributed by atoms with van der Waals surface area (Å²) in [5.74, 6) is 0.389. The van der Waals surface area contributed by atoms with Crippen LogP contribution >= 0.6 is 0 Å². The van der Waals surface area contributed by atoms with Crippen LogP contribution in [0, 0.1) is 0 Å². The van der Waals surface area contributed by atoms with Crippen molar-refractivity contribution in [3.63, 3.8) is 0 Å². The molecule has 2 aromatic carbocycles. The molecule has 0 aliphatic carbocycles. The highest BCUT2D eigenvalue weighted by Gasteiger charge is 2.13. The van der Waals surface area contributed by atoms with Gasteiger partial charge in [-0.05, 0) is 36.4 Å². The summed E-state index contributed by atoms with van der Waals surface area (Å²) in [7, 11) is 0. The summed E-state index contributed by atoms with van der Waals surface area (Å²) in [6.45, 7) is 2.02. The summed E-state index contributed by atoms with van der Waals surface area (Å²) in [6, 6.07) is 10.9. The van der Waals surface area contributed by atoms with Gasteiger partial charge in [-0.2, -0.15) is 0 Å². The van der Waals surface area contributed by atoms with Crippen molar-refractivity contribution in [2.24, 2.45) is 5.73 Å². The maximum atomic E-state index is 11.4. The van der Waals surface area contributed by atoms with Crippen LogP contribution in [0.15, 0.2) is 41.2 Å². The number of carbonyl (C=O) groups excluding carboxylic acids is 1. The van der Waals surface area contributed by atoms with Gasteiger partial charge in [0.2, 0.25) is 5.91 Å². The normalized spacial score (nSPS) is 11.4. The molecule has 120 valence electrons. The highest BCUT2D eigenvalue weighted by atomic mass is 16.1. The van der Waals surface area contributed by atoms with E-state index in [4.69, 9.17) is 5.73 Å². The van der Waals surface area contributed by atoms with Gasteiger partial charge < -0.3 is 15.7 Å². The fourth-order valence-corrected chi connectivity index (χ4v) is 2.97. The predicted octanol–water partition coefficient (Wildman–Crippen LogP) is 1.86. The number of hydrogen-bond donors (Lipinski definition) is 3. The molecule has 0 radical (unpaired) electrons. The lowest BCUT2D eigenvalue weighted by Crippen LogP contribution is -2.10. The van der Waals surface area contributed by atoms with E-state index in [9.17, 15) is 9.59 Å². The smallest absolute Gasteiger partial charge is 0.323 e. The van der Waals surface area contributed by atoms with Gasteiger partial charge in [-0.1, -0.05) is 6.92 Å². The first-order valence-electron chi connectivity index (χ1n) is 7.60. The molecule has 0 bridgehead atoms. The third kappa shape index (κ3) is 2.10. The van der Waals surface area contributed by atoms with Crippen LogP contribution in [0.25, 0.3) is 27.8 Å². The highest BCUT2D eigenvalue weighted by Crippen LogP contribution is 2.24. The van der Waals surface area contributed by atoms with Crippen LogP contribution in [-0.4, -0.2) is 25.4 Å². The van der Waals surface area contributed by atoms with Gasteiger partial charge in [-0.25, -0.2) is 9.78 Å². The van der Waals surface area contributed by atoms with Crippen LogP contribution < -0.4 is 11.4 Å². The second-order valence-corrected chi connectivity index (χ2v) is 5.59. The largest absolute Gasteiger partial charge is 0.366 e. The first-order valence-corrected chi connectivity index (χ1v) is 7.60. The molecular formula is C17H15N5O2. The summed E-state index contributed by atoms with van der Waals surface area (Å²) in [5.41, 5.74) is 9.51. The van der Waals surface area contributed by atoms with E-state index in [0.717, 1.165) is 34.5 Å². The molecule has 0 fully saturated rings. The molecule has 2 aromatic heterocycles. The zero-order valence-corrected chi connectivity index (χ0v) is 13.0. The number of aromatic amines is 2. The standard InChI is InChI=1S/C17H15N5O2/c1-2-15-19-13-7-9(16(18)23)3-6-14(13)22(15)10-4-5-11-12(8-10)21-17(24)20-11/h3-8H,2H2,1H3,(H2,18,23)(H2,20,21,24). The Morgan fingerprint density at radius 3 is 2.71 bits per heavy atom. The van der Waals surface area contributed by atoms with E-state index < -0.39 is 5.91 Å². The molecule has 0 saturated heterocycles. The predicted molar refractivity (Wildman–Crippen MR) is 91.4 cm³/mol. The van der Waals surface area contributed by atoms with Crippen molar-refractivity contribution >= 4 is 28.0 Å². The number of carbonyl (C=O) groups is 1. The van der Waals surface area contributed by atoms with Crippen molar-refractivity contribution in [3.8, 4) is 5.69 Å². The number of rotatable bonds is 3. The SMILES string of the molecule is CCc1nc2cc(C(N)=O)ccc2n1-c1ccc2[nH]c(=O)[nH]c2c1. The van der Waals surface area contributed by atoms with Gasteiger partial charge >= 0.3 is 5.69 Å². The van der Waals surface area contributed by atoms with E-state index >= 15 is 0 Å². The summed E-state index contributed by atoms with van der Waals surface area (Å²) in [4.78, 5) is 32.9. The third-order valence-corrected chi connectivity index (χ3v) is 4.08. The Bertz CT molecular complexity index is 1150. The number of aryl methyl sites for hydroxylation is 1. The van der Waals surface area contributed by atoms with E-state index in [1.54, 1.807) is 12.1 Å². The van der Waals surface area contributed by atoms with Crippen molar-refractivity contribution < 1.29 is 4.79 Å². The van der Waals surface area contributed by atoms with Gasteiger partial charge in [0.1, 0.15) is 5.82 Å². The average molecular weight is 321 g/mol. The van der Waals surface area contributed by atoms with Crippen LogP contribution in [0.2, 0.25) is 0 Å². The molecule has 2 heterocycles. The minimum Gasteiger partial charge on any atom is -0.366 e. The van der Waals surface area contributed by atoms with Crippen molar-refractivity contribution in [3.05, 3.63) is 58.3 Å². The maximum absolute atomic E-state index is 11.4. The van der Waals surface area contributed by atoms with Crippen LogP contribution in [0.1, 0.15) is 23.1 Å². The first-order chi connectivity index (χ1) is 11.6. The van der Waals surface area contributed by atoms with E-state index in [1.807, 2.05) is 35.8 Å². The highest BCUT2D eigenvalue weighted by molar-refractivity contribution is 5.96. The Balaban J connectivity index is 1.99. The van der Waals surface area contributed by atoms with Crippen LogP contribution in [0.5, 0.6) is 0 Å². The van der Waals surface area contributed by atoms with Crippen LogP contribution in [0.3, 0.4) is 0 Å².